The van der Waals surface area contributed by atoms with Crippen LogP contribution in [0.3, 0.4) is 0 Å². The quantitative estimate of drug-likeness (QED) is 0.828. The summed E-state index contributed by atoms with van der Waals surface area (Å²) in [5.41, 5.74) is 2.12. The molecule has 0 aliphatic heterocycles. The van der Waals surface area contributed by atoms with Crippen LogP contribution in [0.25, 0.3) is 0 Å². The molecule has 0 spiro atoms. The fraction of sp³-hybridized carbons (Fsp3) is 0.500. The van der Waals surface area contributed by atoms with Crippen LogP contribution in [0.15, 0.2) is 18.2 Å². The zero-order valence-electron chi connectivity index (χ0n) is 10.00. The normalized spacial score (nSPS) is 12.6. The van der Waals surface area contributed by atoms with E-state index in [9.17, 15) is 5.11 Å². The molecule has 0 radical (unpaired) electrons. The molecule has 4 heteroatoms. The fourth-order valence-corrected chi connectivity index (χ4v) is 1.96. The Bertz CT molecular complexity index is 344. The van der Waals surface area contributed by atoms with Gasteiger partial charge in [-0.2, -0.15) is 0 Å². The first kappa shape index (κ1) is 13.3. The molecule has 0 amide bonds. The predicted molar refractivity (Wildman–Crippen MR) is 69.2 cm³/mol. The summed E-state index contributed by atoms with van der Waals surface area (Å²) >= 11 is 6.21. The van der Waals surface area contributed by atoms with E-state index in [4.69, 9.17) is 11.6 Å². The molecular formula is C12H19ClN2O. The predicted octanol–water partition coefficient (Wildman–Crippen LogP) is 1.88. The first-order valence-electron chi connectivity index (χ1n) is 5.37. The summed E-state index contributed by atoms with van der Waals surface area (Å²) in [5.74, 6) is 0. The van der Waals surface area contributed by atoms with Gasteiger partial charge in [0.15, 0.2) is 0 Å². The third-order valence-corrected chi connectivity index (χ3v) is 3.02. The standard InChI is InChI=1S/C12H19ClN2O/c1-9(8-16)15(3)12-10(7-14-2)5-4-6-11(12)13/h4-6,9,14,16H,7-8H2,1-3H3. The van der Waals surface area contributed by atoms with Crippen molar-refractivity contribution in [2.75, 3.05) is 25.6 Å². The van der Waals surface area contributed by atoms with Crippen LogP contribution in [0.4, 0.5) is 5.69 Å². The van der Waals surface area contributed by atoms with Gasteiger partial charge < -0.3 is 15.3 Å². The van der Waals surface area contributed by atoms with Crippen molar-refractivity contribution in [3.8, 4) is 0 Å². The van der Waals surface area contributed by atoms with Crippen molar-refractivity contribution in [1.29, 1.82) is 0 Å². The Morgan fingerprint density at radius 1 is 1.50 bits per heavy atom. The van der Waals surface area contributed by atoms with E-state index in [-0.39, 0.29) is 12.6 Å². The lowest BCUT2D eigenvalue weighted by Crippen LogP contribution is -2.33. The molecule has 1 atom stereocenters. The number of aliphatic hydroxyl groups excluding tert-OH is 1. The number of para-hydroxylation sites is 1. The van der Waals surface area contributed by atoms with Crippen molar-refractivity contribution >= 4 is 17.3 Å². The summed E-state index contributed by atoms with van der Waals surface area (Å²) in [6.07, 6.45) is 0. The fourth-order valence-electron chi connectivity index (χ4n) is 1.63. The van der Waals surface area contributed by atoms with Crippen molar-refractivity contribution in [3.05, 3.63) is 28.8 Å². The maximum Gasteiger partial charge on any atom is 0.0642 e. The highest BCUT2D eigenvalue weighted by Crippen LogP contribution is 2.30. The monoisotopic (exact) mass is 242 g/mol. The second kappa shape index (κ2) is 6.09. The van der Waals surface area contributed by atoms with Gasteiger partial charge in [0, 0.05) is 19.6 Å². The van der Waals surface area contributed by atoms with E-state index in [0.717, 1.165) is 22.8 Å². The number of halogens is 1. The van der Waals surface area contributed by atoms with Crippen LogP contribution in [0.1, 0.15) is 12.5 Å². The first-order chi connectivity index (χ1) is 7.61. The molecule has 0 heterocycles. The summed E-state index contributed by atoms with van der Waals surface area (Å²) in [7, 11) is 3.85. The molecule has 1 aromatic rings. The average Bonchev–Trinajstić information content (AvgIpc) is 2.28. The molecule has 3 nitrogen and oxygen atoms in total. The Morgan fingerprint density at radius 3 is 2.75 bits per heavy atom. The van der Waals surface area contributed by atoms with Crippen LogP contribution >= 0.6 is 11.6 Å². The van der Waals surface area contributed by atoms with Crippen molar-refractivity contribution in [2.24, 2.45) is 0 Å². The van der Waals surface area contributed by atoms with Gasteiger partial charge in [-0.25, -0.2) is 0 Å². The number of benzene rings is 1. The minimum absolute atomic E-state index is 0.0514. The average molecular weight is 243 g/mol. The molecule has 0 aliphatic carbocycles. The van der Waals surface area contributed by atoms with Crippen LogP contribution < -0.4 is 10.2 Å². The number of nitrogens with zero attached hydrogens (tertiary/aromatic N) is 1. The zero-order chi connectivity index (χ0) is 12.1. The number of anilines is 1. The van der Waals surface area contributed by atoms with Crippen LogP contribution in [-0.4, -0.2) is 31.9 Å². The molecular weight excluding hydrogens is 224 g/mol. The highest BCUT2D eigenvalue weighted by atomic mass is 35.5. The SMILES string of the molecule is CNCc1cccc(Cl)c1N(C)C(C)CO. The lowest BCUT2D eigenvalue weighted by atomic mass is 10.1. The lowest BCUT2D eigenvalue weighted by Gasteiger charge is -2.28. The molecule has 0 aromatic heterocycles. The van der Waals surface area contributed by atoms with Crippen LogP contribution in [-0.2, 0) is 6.54 Å². The molecule has 2 N–H and O–H groups in total. The second-order valence-electron chi connectivity index (χ2n) is 3.92. The van der Waals surface area contributed by atoms with Gasteiger partial charge in [0.05, 0.1) is 17.3 Å². The van der Waals surface area contributed by atoms with Crippen LogP contribution in [0, 0.1) is 0 Å². The molecule has 0 fully saturated rings. The Morgan fingerprint density at radius 2 is 2.19 bits per heavy atom. The van der Waals surface area contributed by atoms with E-state index >= 15 is 0 Å². The molecule has 16 heavy (non-hydrogen) atoms. The van der Waals surface area contributed by atoms with E-state index in [1.54, 1.807) is 0 Å². The smallest absolute Gasteiger partial charge is 0.0642 e. The topological polar surface area (TPSA) is 35.5 Å². The Kier molecular flexibility index (Phi) is 5.06. The van der Waals surface area contributed by atoms with Crippen LogP contribution in [0.2, 0.25) is 5.02 Å². The number of hydrogen-bond donors (Lipinski definition) is 2. The molecule has 1 unspecified atom stereocenters. The largest absolute Gasteiger partial charge is 0.394 e. The highest BCUT2D eigenvalue weighted by molar-refractivity contribution is 6.33. The number of nitrogens with one attached hydrogen (secondary N) is 1. The van der Waals surface area contributed by atoms with Gasteiger partial charge in [0.2, 0.25) is 0 Å². The number of rotatable bonds is 5. The maximum atomic E-state index is 9.18. The molecule has 0 aliphatic rings. The molecule has 0 saturated heterocycles. The zero-order valence-corrected chi connectivity index (χ0v) is 10.8. The van der Waals surface area contributed by atoms with Gasteiger partial charge in [0.25, 0.3) is 0 Å². The van der Waals surface area contributed by atoms with E-state index in [1.807, 2.05) is 44.1 Å². The van der Waals surface area contributed by atoms with Gasteiger partial charge >= 0.3 is 0 Å². The second-order valence-corrected chi connectivity index (χ2v) is 4.33. The number of aliphatic hydroxyl groups is 1. The molecule has 1 aromatic carbocycles. The summed E-state index contributed by atoms with van der Waals surface area (Å²) < 4.78 is 0. The summed E-state index contributed by atoms with van der Waals surface area (Å²) in [6.45, 7) is 2.84. The lowest BCUT2D eigenvalue weighted by molar-refractivity contribution is 0.270. The maximum absolute atomic E-state index is 9.18. The Hall–Kier alpha value is -0.770. The van der Waals surface area contributed by atoms with E-state index in [1.165, 1.54) is 0 Å². The van der Waals surface area contributed by atoms with E-state index < -0.39 is 0 Å². The van der Waals surface area contributed by atoms with Crippen LogP contribution in [0.5, 0.6) is 0 Å². The summed E-state index contributed by atoms with van der Waals surface area (Å²) in [6, 6.07) is 5.90. The Balaban J connectivity index is 3.08. The summed E-state index contributed by atoms with van der Waals surface area (Å²) in [4.78, 5) is 2.01. The van der Waals surface area contributed by atoms with Crippen molar-refractivity contribution in [1.82, 2.24) is 5.32 Å². The van der Waals surface area contributed by atoms with E-state index in [2.05, 4.69) is 5.32 Å². The summed E-state index contributed by atoms with van der Waals surface area (Å²) in [5, 5.41) is 13.0. The Labute approximate surface area is 102 Å². The minimum atomic E-state index is 0.0514. The van der Waals surface area contributed by atoms with Gasteiger partial charge in [-0.05, 0) is 25.6 Å². The van der Waals surface area contributed by atoms with Crippen molar-refractivity contribution in [3.63, 3.8) is 0 Å². The van der Waals surface area contributed by atoms with Gasteiger partial charge in [-0.1, -0.05) is 23.7 Å². The number of hydrogen-bond acceptors (Lipinski definition) is 3. The van der Waals surface area contributed by atoms with Gasteiger partial charge in [-0.3, -0.25) is 0 Å². The molecule has 90 valence electrons. The first-order valence-corrected chi connectivity index (χ1v) is 5.75. The van der Waals surface area contributed by atoms with Crippen molar-refractivity contribution < 1.29 is 5.11 Å². The highest BCUT2D eigenvalue weighted by Gasteiger charge is 2.15. The van der Waals surface area contributed by atoms with E-state index in [0.29, 0.717) is 0 Å². The number of likely N-dealkylation sites (N-methyl/N-ethyl adjacent to an activating group) is 1. The third kappa shape index (κ3) is 2.88. The molecule has 0 saturated carbocycles. The molecule has 0 bridgehead atoms. The van der Waals surface area contributed by atoms with Gasteiger partial charge in [0.1, 0.15) is 0 Å². The van der Waals surface area contributed by atoms with Gasteiger partial charge in [-0.15, -0.1) is 0 Å². The molecule has 1 rings (SSSR count). The minimum Gasteiger partial charge on any atom is -0.394 e. The van der Waals surface area contributed by atoms with Crippen molar-refractivity contribution in [2.45, 2.75) is 19.5 Å². The third-order valence-electron chi connectivity index (χ3n) is 2.72.